The van der Waals surface area contributed by atoms with Crippen LogP contribution in [0.4, 0.5) is 0 Å². The number of ketones is 1. The standard InChI is InChI=1S/C20H26O3/c1-13-6-5-7-14(2)12-19-17(16(4)20(22)23-19)10-9-15(3)18(21)11-8-13/h6,9,12,17,19H,4-5,7-8,10-11H2,1-3H3/t17-,19-/m1/s1. The first-order valence-electron chi connectivity index (χ1n) is 8.31. The van der Waals surface area contributed by atoms with Gasteiger partial charge in [-0.25, -0.2) is 4.79 Å². The molecule has 0 unspecified atom stereocenters. The Kier molecular flexibility index (Phi) is 5.75. The number of hydrogen-bond donors (Lipinski definition) is 0. The normalized spacial score (nSPS) is 27.4. The molecule has 1 saturated heterocycles. The number of carbonyl (C=O) groups excluding carboxylic acids is 2. The minimum Gasteiger partial charge on any atom is -0.454 e. The number of hydrogen-bond acceptors (Lipinski definition) is 3. The Labute approximate surface area is 138 Å². The molecule has 1 aliphatic heterocycles. The van der Waals surface area contributed by atoms with Gasteiger partial charge in [0.2, 0.25) is 0 Å². The van der Waals surface area contributed by atoms with Gasteiger partial charge in [0.25, 0.3) is 0 Å². The molecule has 0 amide bonds. The van der Waals surface area contributed by atoms with Gasteiger partial charge in [0.1, 0.15) is 6.10 Å². The summed E-state index contributed by atoms with van der Waals surface area (Å²) in [6, 6.07) is 0. The second kappa shape index (κ2) is 7.58. The van der Waals surface area contributed by atoms with Crippen LogP contribution >= 0.6 is 0 Å². The van der Waals surface area contributed by atoms with Gasteiger partial charge in [-0.3, -0.25) is 4.79 Å². The Morgan fingerprint density at radius 3 is 2.52 bits per heavy atom. The van der Waals surface area contributed by atoms with E-state index in [4.69, 9.17) is 4.74 Å². The number of rotatable bonds is 0. The number of ether oxygens (including phenoxy) is 1. The first-order chi connectivity index (χ1) is 10.9. The predicted octanol–water partition coefficient (Wildman–Crippen LogP) is 4.46. The Hall–Kier alpha value is -1.90. The van der Waals surface area contributed by atoms with Gasteiger partial charge >= 0.3 is 5.97 Å². The lowest BCUT2D eigenvalue weighted by Gasteiger charge is -2.15. The molecular formula is C20H26O3. The summed E-state index contributed by atoms with van der Waals surface area (Å²) in [5.41, 5.74) is 3.76. The summed E-state index contributed by atoms with van der Waals surface area (Å²) in [5.74, 6) is -0.212. The van der Waals surface area contributed by atoms with Crippen molar-refractivity contribution >= 4 is 11.8 Å². The minimum atomic E-state index is -0.318. The molecule has 23 heavy (non-hydrogen) atoms. The number of allylic oxidation sites excluding steroid dienone is 5. The van der Waals surface area contributed by atoms with Gasteiger partial charge in [0.05, 0.1) is 0 Å². The van der Waals surface area contributed by atoms with Gasteiger partial charge in [0, 0.05) is 17.9 Å². The van der Waals surface area contributed by atoms with Gasteiger partial charge in [0.15, 0.2) is 5.78 Å². The molecule has 0 aromatic heterocycles. The predicted molar refractivity (Wildman–Crippen MR) is 91.9 cm³/mol. The van der Waals surface area contributed by atoms with Gasteiger partial charge in [-0.1, -0.05) is 29.9 Å². The van der Waals surface area contributed by atoms with Crippen LogP contribution in [0.1, 0.15) is 52.9 Å². The monoisotopic (exact) mass is 314 g/mol. The lowest BCUT2D eigenvalue weighted by Crippen LogP contribution is -2.14. The van der Waals surface area contributed by atoms with E-state index in [1.54, 1.807) is 0 Å². The van der Waals surface area contributed by atoms with E-state index >= 15 is 0 Å². The molecule has 2 aliphatic rings. The lowest BCUT2D eigenvalue weighted by atomic mass is 9.90. The average Bonchev–Trinajstić information content (AvgIpc) is 2.76. The van der Waals surface area contributed by atoms with Crippen LogP contribution in [0.5, 0.6) is 0 Å². The summed E-state index contributed by atoms with van der Waals surface area (Å²) in [4.78, 5) is 24.0. The quantitative estimate of drug-likeness (QED) is 0.377. The fourth-order valence-electron chi connectivity index (χ4n) is 3.00. The number of carbonyl (C=O) groups is 2. The lowest BCUT2D eigenvalue weighted by molar-refractivity contribution is -0.137. The van der Waals surface area contributed by atoms with Crippen LogP contribution in [-0.2, 0) is 14.3 Å². The summed E-state index contributed by atoms with van der Waals surface area (Å²) < 4.78 is 5.45. The molecule has 1 fully saturated rings. The SMILES string of the molecule is C=C1C(=O)O[C@@H]2C=C(C)CCC=C(C)CCC(=O)C(C)=CC[C@H]12. The zero-order chi connectivity index (χ0) is 17.0. The summed E-state index contributed by atoms with van der Waals surface area (Å²) in [7, 11) is 0. The molecule has 0 saturated carbocycles. The molecule has 0 aromatic rings. The minimum absolute atomic E-state index is 0.0691. The zero-order valence-corrected chi connectivity index (χ0v) is 14.4. The van der Waals surface area contributed by atoms with E-state index in [1.807, 2.05) is 19.1 Å². The van der Waals surface area contributed by atoms with Gasteiger partial charge in [-0.05, 0) is 58.1 Å². The zero-order valence-electron chi connectivity index (χ0n) is 14.4. The van der Waals surface area contributed by atoms with Crippen LogP contribution < -0.4 is 0 Å². The van der Waals surface area contributed by atoms with Crippen LogP contribution in [0.25, 0.3) is 0 Å². The Balaban J connectivity index is 2.28. The highest BCUT2D eigenvalue weighted by Crippen LogP contribution is 2.32. The number of fused-ring (bicyclic) bond motifs is 1. The molecule has 124 valence electrons. The van der Waals surface area contributed by atoms with E-state index in [-0.39, 0.29) is 23.8 Å². The van der Waals surface area contributed by atoms with E-state index in [1.165, 1.54) is 11.1 Å². The first kappa shape index (κ1) is 17.5. The molecule has 2 atom stereocenters. The largest absolute Gasteiger partial charge is 0.454 e. The molecule has 0 spiro atoms. The average molecular weight is 314 g/mol. The molecule has 0 radical (unpaired) electrons. The second-order valence-electron chi connectivity index (χ2n) is 6.65. The van der Waals surface area contributed by atoms with E-state index in [9.17, 15) is 9.59 Å². The van der Waals surface area contributed by atoms with Gasteiger partial charge < -0.3 is 4.74 Å². The molecular weight excluding hydrogens is 288 g/mol. The Morgan fingerprint density at radius 1 is 1.04 bits per heavy atom. The van der Waals surface area contributed by atoms with E-state index in [0.717, 1.165) is 24.8 Å². The van der Waals surface area contributed by atoms with E-state index in [2.05, 4.69) is 26.5 Å². The van der Waals surface area contributed by atoms with Crippen LogP contribution in [0.15, 0.2) is 47.1 Å². The first-order valence-corrected chi connectivity index (χ1v) is 8.31. The van der Waals surface area contributed by atoms with Crippen molar-refractivity contribution in [1.82, 2.24) is 0 Å². The van der Waals surface area contributed by atoms with Gasteiger partial charge in [-0.15, -0.1) is 0 Å². The fraction of sp³-hybridized carbons (Fsp3) is 0.500. The number of esters is 1. The molecule has 3 nitrogen and oxygen atoms in total. The van der Waals surface area contributed by atoms with E-state index in [0.29, 0.717) is 18.4 Å². The highest BCUT2D eigenvalue weighted by molar-refractivity contribution is 5.95. The van der Waals surface area contributed by atoms with Crippen molar-refractivity contribution < 1.29 is 14.3 Å². The van der Waals surface area contributed by atoms with Gasteiger partial charge in [-0.2, -0.15) is 0 Å². The highest BCUT2D eigenvalue weighted by atomic mass is 16.5. The summed E-state index contributed by atoms with van der Waals surface area (Å²) in [5, 5.41) is 0. The van der Waals surface area contributed by atoms with Crippen LogP contribution in [0.3, 0.4) is 0 Å². The third kappa shape index (κ3) is 4.54. The van der Waals surface area contributed by atoms with Crippen molar-refractivity contribution in [3.05, 3.63) is 47.1 Å². The van der Waals surface area contributed by atoms with Crippen molar-refractivity contribution in [3.63, 3.8) is 0 Å². The molecule has 1 aliphatic carbocycles. The summed E-state index contributed by atoms with van der Waals surface area (Å²) in [6.45, 7) is 9.88. The third-order valence-corrected chi connectivity index (χ3v) is 4.69. The topological polar surface area (TPSA) is 43.4 Å². The molecule has 1 heterocycles. The molecule has 3 heteroatoms. The Bertz CT molecular complexity index is 604. The van der Waals surface area contributed by atoms with Crippen molar-refractivity contribution in [2.75, 3.05) is 0 Å². The summed E-state index contributed by atoms with van der Waals surface area (Å²) >= 11 is 0. The number of Topliss-reactive ketones (excluding diaryl/α,β-unsaturated/α-hetero) is 1. The fourth-order valence-corrected chi connectivity index (χ4v) is 3.00. The molecule has 0 N–H and O–H groups in total. The highest BCUT2D eigenvalue weighted by Gasteiger charge is 2.36. The maximum absolute atomic E-state index is 12.2. The Morgan fingerprint density at radius 2 is 1.78 bits per heavy atom. The summed E-state index contributed by atoms with van der Waals surface area (Å²) in [6.07, 6.45) is 9.77. The maximum Gasteiger partial charge on any atom is 0.334 e. The maximum atomic E-state index is 12.2. The smallest absolute Gasteiger partial charge is 0.334 e. The molecule has 2 rings (SSSR count). The van der Waals surface area contributed by atoms with Crippen molar-refractivity contribution in [3.8, 4) is 0 Å². The third-order valence-electron chi connectivity index (χ3n) is 4.69. The van der Waals surface area contributed by atoms with Crippen molar-refractivity contribution in [1.29, 1.82) is 0 Å². The van der Waals surface area contributed by atoms with Crippen LogP contribution in [0.2, 0.25) is 0 Å². The molecule has 0 aromatic carbocycles. The van der Waals surface area contributed by atoms with Crippen molar-refractivity contribution in [2.24, 2.45) is 5.92 Å². The van der Waals surface area contributed by atoms with Crippen LogP contribution in [0, 0.1) is 5.92 Å². The van der Waals surface area contributed by atoms with Crippen LogP contribution in [-0.4, -0.2) is 17.9 Å². The van der Waals surface area contributed by atoms with Crippen molar-refractivity contribution in [2.45, 2.75) is 59.0 Å². The second-order valence-corrected chi connectivity index (χ2v) is 6.65. The van der Waals surface area contributed by atoms with E-state index < -0.39 is 0 Å². The molecule has 0 bridgehead atoms.